The van der Waals surface area contributed by atoms with E-state index in [2.05, 4.69) is 5.32 Å². The number of methoxy groups -OCH3 is 2. The molecule has 0 amide bonds. The van der Waals surface area contributed by atoms with E-state index in [4.69, 9.17) is 15.2 Å². The van der Waals surface area contributed by atoms with Crippen molar-refractivity contribution in [2.45, 2.75) is 25.0 Å². The Morgan fingerprint density at radius 2 is 1.82 bits per heavy atom. The lowest BCUT2D eigenvalue weighted by Gasteiger charge is -2.33. The fourth-order valence-electron chi connectivity index (χ4n) is 1.95. The van der Waals surface area contributed by atoms with Gasteiger partial charge in [-0.1, -0.05) is 0 Å². The molecule has 0 bridgehead atoms. The Morgan fingerprint density at radius 1 is 1.24 bits per heavy atom. The van der Waals surface area contributed by atoms with Crippen LogP contribution in [0, 0.1) is 0 Å². The van der Waals surface area contributed by atoms with E-state index in [1.807, 2.05) is 6.07 Å². The van der Waals surface area contributed by atoms with E-state index in [1.165, 1.54) is 0 Å². The highest BCUT2D eigenvalue weighted by atomic mass is 16.5. The number of nitrogens with one attached hydrogen (secondary N) is 1. The zero-order chi connectivity index (χ0) is 12.4. The number of aliphatic hydroxyl groups is 1. The normalized spacial score (nSPS) is 22.8. The summed E-state index contributed by atoms with van der Waals surface area (Å²) in [7, 11) is 3.16. The number of hydrogen-bond acceptors (Lipinski definition) is 5. The molecular formula is C12H18N2O3. The molecule has 1 saturated carbocycles. The summed E-state index contributed by atoms with van der Waals surface area (Å²) in [6.45, 7) is 0. The molecule has 5 heteroatoms. The molecule has 0 unspecified atom stereocenters. The van der Waals surface area contributed by atoms with E-state index in [0.717, 1.165) is 18.5 Å². The lowest BCUT2D eigenvalue weighted by Crippen LogP contribution is -2.39. The Kier molecular flexibility index (Phi) is 3.28. The van der Waals surface area contributed by atoms with Crippen LogP contribution in [0.15, 0.2) is 12.1 Å². The van der Waals surface area contributed by atoms with Gasteiger partial charge in [-0.2, -0.15) is 0 Å². The maximum absolute atomic E-state index is 9.23. The number of nitrogens with two attached hydrogens (primary N) is 1. The number of benzene rings is 1. The predicted molar refractivity (Wildman–Crippen MR) is 66.6 cm³/mol. The van der Waals surface area contributed by atoms with Crippen LogP contribution in [0.4, 0.5) is 11.4 Å². The fourth-order valence-corrected chi connectivity index (χ4v) is 1.95. The van der Waals surface area contributed by atoms with Gasteiger partial charge in [0.2, 0.25) is 0 Å². The zero-order valence-electron chi connectivity index (χ0n) is 10.1. The number of anilines is 2. The van der Waals surface area contributed by atoms with Gasteiger partial charge in [0.25, 0.3) is 0 Å². The Balaban J connectivity index is 2.16. The molecule has 1 aliphatic carbocycles. The average Bonchev–Trinajstić information content (AvgIpc) is 2.28. The van der Waals surface area contributed by atoms with Crippen molar-refractivity contribution < 1.29 is 14.6 Å². The van der Waals surface area contributed by atoms with Gasteiger partial charge in [0.1, 0.15) is 0 Å². The maximum atomic E-state index is 9.23. The maximum Gasteiger partial charge on any atom is 0.162 e. The highest BCUT2D eigenvalue weighted by molar-refractivity contribution is 5.72. The van der Waals surface area contributed by atoms with Gasteiger partial charge in [0.05, 0.1) is 31.7 Å². The van der Waals surface area contributed by atoms with Crippen LogP contribution in [0.1, 0.15) is 12.8 Å². The quantitative estimate of drug-likeness (QED) is 0.688. The molecule has 5 nitrogen and oxygen atoms in total. The van der Waals surface area contributed by atoms with Crippen molar-refractivity contribution in [1.29, 1.82) is 0 Å². The van der Waals surface area contributed by atoms with Crippen molar-refractivity contribution in [3.63, 3.8) is 0 Å². The second-order valence-electron chi connectivity index (χ2n) is 4.26. The Morgan fingerprint density at radius 3 is 2.35 bits per heavy atom. The SMILES string of the molecule is COc1cc(N)c(NC2CC(O)C2)cc1OC. The van der Waals surface area contributed by atoms with Gasteiger partial charge in [-0.25, -0.2) is 0 Å². The molecule has 0 atom stereocenters. The third-order valence-corrected chi connectivity index (χ3v) is 3.03. The van der Waals surface area contributed by atoms with Gasteiger partial charge in [-0.15, -0.1) is 0 Å². The van der Waals surface area contributed by atoms with E-state index in [0.29, 0.717) is 17.2 Å². The molecule has 1 fully saturated rings. The third kappa shape index (κ3) is 2.39. The van der Waals surface area contributed by atoms with Crippen molar-refractivity contribution in [3.05, 3.63) is 12.1 Å². The number of nitrogen functional groups attached to an aromatic ring is 1. The van der Waals surface area contributed by atoms with E-state index in [9.17, 15) is 5.11 Å². The van der Waals surface area contributed by atoms with Crippen molar-refractivity contribution in [1.82, 2.24) is 0 Å². The number of aliphatic hydroxyl groups excluding tert-OH is 1. The molecule has 0 radical (unpaired) electrons. The monoisotopic (exact) mass is 238 g/mol. The molecule has 0 heterocycles. The second kappa shape index (κ2) is 4.71. The lowest BCUT2D eigenvalue weighted by molar-refractivity contribution is 0.0837. The van der Waals surface area contributed by atoms with Crippen LogP contribution in [-0.4, -0.2) is 31.5 Å². The first kappa shape index (κ1) is 11.9. The van der Waals surface area contributed by atoms with Gasteiger partial charge in [0.15, 0.2) is 11.5 Å². The molecular weight excluding hydrogens is 220 g/mol. The number of rotatable bonds is 4. The fraction of sp³-hybridized carbons (Fsp3) is 0.500. The van der Waals surface area contributed by atoms with Crippen LogP contribution >= 0.6 is 0 Å². The summed E-state index contributed by atoms with van der Waals surface area (Å²) in [5, 5.41) is 12.5. The first-order valence-corrected chi connectivity index (χ1v) is 5.60. The van der Waals surface area contributed by atoms with Crippen molar-refractivity contribution in [2.24, 2.45) is 0 Å². The second-order valence-corrected chi connectivity index (χ2v) is 4.26. The van der Waals surface area contributed by atoms with Gasteiger partial charge in [-0.05, 0) is 12.8 Å². The summed E-state index contributed by atoms with van der Waals surface area (Å²) in [6, 6.07) is 3.83. The Labute approximate surface area is 101 Å². The minimum atomic E-state index is -0.186. The van der Waals surface area contributed by atoms with Crippen LogP contribution in [-0.2, 0) is 0 Å². The van der Waals surface area contributed by atoms with Crippen molar-refractivity contribution in [3.8, 4) is 11.5 Å². The van der Waals surface area contributed by atoms with Crippen LogP contribution in [0.2, 0.25) is 0 Å². The van der Waals surface area contributed by atoms with Gasteiger partial charge >= 0.3 is 0 Å². The van der Waals surface area contributed by atoms with Crippen LogP contribution in [0.5, 0.6) is 11.5 Å². The van der Waals surface area contributed by atoms with Crippen LogP contribution in [0.3, 0.4) is 0 Å². The topological polar surface area (TPSA) is 76.7 Å². The third-order valence-electron chi connectivity index (χ3n) is 3.03. The smallest absolute Gasteiger partial charge is 0.162 e. The Bertz CT molecular complexity index is 403. The molecule has 0 aliphatic heterocycles. The summed E-state index contributed by atoms with van der Waals surface area (Å²) < 4.78 is 10.4. The van der Waals surface area contributed by atoms with Crippen molar-refractivity contribution >= 4 is 11.4 Å². The summed E-state index contributed by atoms with van der Waals surface area (Å²) in [4.78, 5) is 0. The number of ether oxygens (including phenoxy) is 2. The van der Waals surface area contributed by atoms with Gasteiger partial charge < -0.3 is 25.6 Å². The van der Waals surface area contributed by atoms with Gasteiger partial charge in [0, 0.05) is 18.2 Å². The average molecular weight is 238 g/mol. The predicted octanol–water partition coefficient (Wildman–Crippen LogP) is 1.22. The molecule has 0 saturated heterocycles. The lowest BCUT2D eigenvalue weighted by atomic mass is 9.89. The minimum absolute atomic E-state index is 0.186. The standard InChI is InChI=1S/C12H18N2O3/c1-16-11-5-9(13)10(6-12(11)17-2)14-7-3-8(15)4-7/h5-8,14-15H,3-4,13H2,1-2H3. The van der Waals surface area contributed by atoms with Crippen LogP contribution < -0.4 is 20.5 Å². The molecule has 94 valence electrons. The first-order chi connectivity index (χ1) is 8.13. The molecule has 1 aromatic rings. The zero-order valence-corrected chi connectivity index (χ0v) is 10.1. The van der Waals surface area contributed by atoms with E-state index >= 15 is 0 Å². The molecule has 0 spiro atoms. The summed E-state index contributed by atoms with van der Waals surface area (Å²) >= 11 is 0. The van der Waals surface area contributed by atoms with Crippen molar-refractivity contribution in [2.75, 3.05) is 25.3 Å². The summed E-state index contributed by atoms with van der Waals surface area (Å²) in [5.41, 5.74) is 7.36. The van der Waals surface area contributed by atoms with Crippen LogP contribution in [0.25, 0.3) is 0 Å². The first-order valence-electron chi connectivity index (χ1n) is 5.60. The summed E-state index contributed by atoms with van der Waals surface area (Å²) in [6.07, 6.45) is 1.33. The highest BCUT2D eigenvalue weighted by Crippen LogP contribution is 2.36. The van der Waals surface area contributed by atoms with Gasteiger partial charge in [-0.3, -0.25) is 0 Å². The van der Waals surface area contributed by atoms with E-state index in [-0.39, 0.29) is 12.1 Å². The van der Waals surface area contributed by atoms with E-state index < -0.39 is 0 Å². The molecule has 2 rings (SSSR count). The number of hydrogen-bond donors (Lipinski definition) is 3. The molecule has 1 aliphatic rings. The molecule has 1 aromatic carbocycles. The highest BCUT2D eigenvalue weighted by Gasteiger charge is 2.27. The summed E-state index contributed by atoms with van der Waals surface area (Å²) in [5.74, 6) is 1.26. The van der Waals surface area contributed by atoms with E-state index in [1.54, 1.807) is 20.3 Å². The molecule has 4 N–H and O–H groups in total. The molecule has 17 heavy (non-hydrogen) atoms. The molecule has 0 aromatic heterocycles. The largest absolute Gasteiger partial charge is 0.493 e. The Hall–Kier alpha value is -1.62. The minimum Gasteiger partial charge on any atom is -0.493 e.